The van der Waals surface area contributed by atoms with E-state index in [1.807, 2.05) is 53.6 Å². The average Bonchev–Trinajstić information content (AvgIpc) is 3.18. The summed E-state index contributed by atoms with van der Waals surface area (Å²) in [5.41, 5.74) is 4.83. The highest BCUT2D eigenvalue weighted by Gasteiger charge is 2.39. The number of anilines is 5. The molecule has 0 aliphatic carbocycles. The summed E-state index contributed by atoms with van der Waals surface area (Å²) in [5.74, 6) is -6.69. The second kappa shape index (κ2) is 20.9. The van der Waals surface area contributed by atoms with Crippen LogP contribution in [0, 0.1) is 0 Å². The molecule has 1 amide bonds. The van der Waals surface area contributed by atoms with Gasteiger partial charge in [-0.2, -0.15) is 44.5 Å². The molecule has 0 saturated carbocycles. The minimum absolute atomic E-state index is 0.00677. The Kier molecular flexibility index (Phi) is 16.6. The number of halogens is 10. The van der Waals surface area contributed by atoms with E-state index < -0.39 is 36.4 Å². The first-order valence-electron chi connectivity index (χ1n) is 16.7. The predicted molar refractivity (Wildman–Crippen MR) is 193 cm³/mol. The molecule has 2 aromatic carbocycles. The Labute approximate surface area is 337 Å². The van der Waals surface area contributed by atoms with Crippen molar-refractivity contribution in [2.75, 3.05) is 48.3 Å². The Bertz CT molecular complexity index is 2050. The molecule has 1 saturated heterocycles. The number of pyridine rings is 1. The van der Waals surface area contributed by atoms with Crippen LogP contribution in [0.5, 0.6) is 5.75 Å². The summed E-state index contributed by atoms with van der Waals surface area (Å²) in [5, 5.41) is 28.3. The maximum absolute atomic E-state index is 13.0. The van der Waals surface area contributed by atoms with Crippen molar-refractivity contribution in [2.24, 2.45) is 0 Å². The molecule has 2 aliphatic heterocycles. The summed E-state index contributed by atoms with van der Waals surface area (Å²) >= 11 is 6.37. The molecule has 2 aromatic heterocycles. The fraction of sp³-hybridized carbons (Fsp3) is 0.286. The first kappa shape index (κ1) is 47.8. The van der Waals surface area contributed by atoms with Crippen molar-refractivity contribution in [2.45, 2.75) is 31.4 Å². The van der Waals surface area contributed by atoms with Gasteiger partial charge in [0, 0.05) is 43.8 Å². The standard InChI is InChI=1S/C29H28ClN7O2.3C2HF3O2/c30-25-18-32-29-34-23-14-20(16-31-17-23)6-7-21-15-22(33-28(25)35-29)8-9-26(21)39-19-27(38)37-12-10-36(11-13-37)24-4-2-1-3-5-24;3*3-2(4,5)1(6)7/h1-5,8-9,14-18H,6-7,10-13,19H2,(H2,32,33,34,35);3*(H,6,7). The number of aryl methyl sites for hydroxylation is 2. The number of benzene rings is 2. The molecule has 0 radical (unpaired) electrons. The van der Waals surface area contributed by atoms with E-state index in [1.165, 1.54) is 5.69 Å². The highest BCUT2D eigenvalue weighted by Crippen LogP contribution is 2.30. The van der Waals surface area contributed by atoms with E-state index in [-0.39, 0.29) is 12.5 Å². The summed E-state index contributed by atoms with van der Waals surface area (Å²) in [6, 6.07) is 18.1. The number of piperazine rings is 1. The highest BCUT2D eigenvalue weighted by molar-refractivity contribution is 6.32. The van der Waals surface area contributed by atoms with Crippen LogP contribution in [-0.2, 0) is 32.0 Å². The minimum atomic E-state index is -5.08. The van der Waals surface area contributed by atoms with Crippen LogP contribution in [0.1, 0.15) is 11.1 Å². The number of aromatic nitrogens is 3. The second-order valence-electron chi connectivity index (χ2n) is 11.9. The number of hydrogen-bond donors (Lipinski definition) is 5. The molecule has 4 heterocycles. The Balaban J connectivity index is 0.000000377. The molecular formula is C35H31ClF9N7O8. The lowest BCUT2D eigenvalue weighted by Crippen LogP contribution is -2.50. The first-order valence-corrected chi connectivity index (χ1v) is 17.1. The van der Waals surface area contributed by atoms with Crippen molar-refractivity contribution in [3.8, 4) is 5.75 Å². The third-order valence-corrected chi connectivity index (χ3v) is 7.91. The third kappa shape index (κ3) is 15.6. The van der Waals surface area contributed by atoms with Gasteiger partial charge >= 0.3 is 36.4 Å². The molecule has 15 nitrogen and oxygen atoms in total. The zero-order valence-corrected chi connectivity index (χ0v) is 31.0. The zero-order valence-electron chi connectivity index (χ0n) is 30.3. The third-order valence-electron chi connectivity index (χ3n) is 7.63. The monoisotopic (exact) mass is 883 g/mol. The van der Waals surface area contributed by atoms with E-state index in [1.54, 1.807) is 12.4 Å². The quantitative estimate of drug-likeness (QED) is 0.135. The van der Waals surface area contributed by atoms with Crippen molar-refractivity contribution < 1.29 is 78.7 Å². The number of carboxylic acid groups (broad SMARTS) is 3. The molecule has 25 heteroatoms. The van der Waals surface area contributed by atoms with Gasteiger partial charge in [-0.3, -0.25) is 9.78 Å². The van der Waals surface area contributed by atoms with E-state index in [2.05, 4.69) is 42.6 Å². The van der Waals surface area contributed by atoms with Crippen LogP contribution in [0.4, 0.5) is 68.3 Å². The first-order chi connectivity index (χ1) is 27.9. The fourth-order valence-corrected chi connectivity index (χ4v) is 4.97. The molecule has 60 heavy (non-hydrogen) atoms. The van der Waals surface area contributed by atoms with E-state index in [4.69, 9.17) is 46.0 Å². The van der Waals surface area contributed by atoms with Gasteiger partial charge in [-0.05, 0) is 60.4 Å². The lowest BCUT2D eigenvalue weighted by atomic mass is 10.0. The van der Waals surface area contributed by atoms with E-state index >= 15 is 0 Å². The molecule has 1 fully saturated rings. The summed E-state index contributed by atoms with van der Waals surface area (Å²) < 4.78 is 101. The van der Waals surface area contributed by atoms with E-state index in [9.17, 15) is 44.3 Å². The van der Waals surface area contributed by atoms with Gasteiger partial charge in [-0.15, -0.1) is 0 Å². The van der Waals surface area contributed by atoms with Crippen LogP contribution in [0.2, 0.25) is 5.02 Å². The average molecular weight is 884 g/mol. The molecule has 6 rings (SSSR count). The van der Waals surface area contributed by atoms with Crippen molar-refractivity contribution in [3.05, 3.63) is 89.3 Å². The number of rotatable bonds is 4. The van der Waals surface area contributed by atoms with Crippen molar-refractivity contribution in [3.63, 3.8) is 0 Å². The number of carbonyl (C=O) groups excluding carboxylic acids is 1. The van der Waals surface area contributed by atoms with Gasteiger partial charge in [0.05, 0.1) is 18.1 Å². The van der Waals surface area contributed by atoms with Gasteiger partial charge in [0.25, 0.3) is 5.91 Å². The van der Waals surface area contributed by atoms with Gasteiger partial charge in [-0.25, -0.2) is 19.4 Å². The number of para-hydroxylation sites is 1. The van der Waals surface area contributed by atoms with Gasteiger partial charge in [0.1, 0.15) is 10.8 Å². The Hall–Kier alpha value is -6.59. The summed E-state index contributed by atoms with van der Waals surface area (Å²) in [7, 11) is 0. The predicted octanol–water partition coefficient (Wildman–Crippen LogP) is 6.74. The zero-order chi connectivity index (χ0) is 44.8. The maximum Gasteiger partial charge on any atom is 0.490 e. The number of aliphatic carboxylic acids is 3. The number of carboxylic acids is 3. The van der Waals surface area contributed by atoms with Crippen molar-refractivity contribution in [1.82, 2.24) is 19.9 Å². The number of nitrogens with one attached hydrogen (secondary N) is 2. The molecule has 4 aromatic rings. The molecular weight excluding hydrogens is 853 g/mol. The van der Waals surface area contributed by atoms with Crippen molar-refractivity contribution >= 4 is 64.2 Å². The molecule has 0 unspecified atom stereocenters. The van der Waals surface area contributed by atoms with Gasteiger partial charge in [0.2, 0.25) is 5.95 Å². The van der Waals surface area contributed by atoms with Crippen LogP contribution in [0.3, 0.4) is 0 Å². The molecule has 5 N–H and O–H groups in total. The number of alkyl halides is 9. The van der Waals surface area contributed by atoms with E-state index in [0.717, 1.165) is 42.0 Å². The normalized spacial score (nSPS) is 13.5. The molecule has 0 atom stereocenters. The minimum Gasteiger partial charge on any atom is -0.483 e. The largest absolute Gasteiger partial charge is 0.490 e. The van der Waals surface area contributed by atoms with Crippen LogP contribution < -0.4 is 20.3 Å². The number of nitrogens with zero attached hydrogens (tertiary/aromatic N) is 5. The molecule has 324 valence electrons. The number of carbonyl (C=O) groups is 4. The molecule has 6 bridgehead atoms. The number of amides is 1. The maximum atomic E-state index is 13.0. The summed E-state index contributed by atoms with van der Waals surface area (Å²) in [6.45, 7) is 2.94. The van der Waals surface area contributed by atoms with E-state index in [0.29, 0.717) is 42.0 Å². The second-order valence-corrected chi connectivity index (χ2v) is 12.4. The summed E-state index contributed by atoms with van der Waals surface area (Å²) in [4.78, 5) is 57.0. The topological polar surface area (TPSA) is 207 Å². The van der Waals surface area contributed by atoms with Crippen LogP contribution in [0.15, 0.2) is 73.2 Å². The lowest BCUT2D eigenvalue weighted by Gasteiger charge is -2.36. The van der Waals surface area contributed by atoms with Crippen LogP contribution in [-0.4, -0.2) is 110 Å². The van der Waals surface area contributed by atoms with Gasteiger partial charge < -0.3 is 40.5 Å². The lowest BCUT2D eigenvalue weighted by molar-refractivity contribution is -0.193. The van der Waals surface area contributed by atoms with Crippen LogP contribution in [0.25, 0.3) is 0 Å². The Morgan fingerprint density at radius 2 is 1.28 bits per heavy atom. The van der Waals surface area contributed by atoms with Gasteiger partial charge in [-0.1, -0.05) is 29.8 Å². The summed E-state index contributed by atoms with van der Waals surface area (Å²) in [6.07, 6.45) is -8.66. The van der Waals surface area contributed by atoms with Crippen molar-refractivity contribution in [1.29, 1.82) is 0 Å². The van der Waals surface area contributed by atoms with Gasteiger partial charge in [0.15, 0.2) is 12.4 Å². The smallest absolute Gasteiger partial charge is 0.483 e. The highest BCUT2D eigenvalue weighted by atomic mass is 35.5. The SMILES string of the molecule is O=C(COc1ccc2cc1CCc1cncc(c1)Nc1ncc(Cl)c(n1)N2)N1CCN(c2ccccc2)CC1.O=C(O)C(F)(F)F.O=C(O)C(F)(F)F.O=C(O)C(F)(F)F. The number of hydrogen-bond acceptors (Lipinski definition) is 11. The molecule has 2 aliphatic rings. The molecule has 0 spiro atoms. The number of fused-ring (bicyclic) bond motifs is 6. The fourth-order valence-electron chi connectivity index (χ4n) is 4.83. The Morgan fingerprint density at radius 1 is 0.717 bits per heavy atom. The number of ether oxygens (including phenoxy) is 1. The van der Waals surface area contributed by atoms with Crippen LogP contribution >= 0.6 is 11.6 Å². The Morgan fingerprint density at radius 3 is 1.83 bits per heavy atom.